The molecule has 0 saturated heterocycles. The molecule has 8 heteroatoms. The fourth-order valence-corrected chi connectivity index (χ4v) is 2.81. The van der Waals surface area contributed by atoms with Crippen molar-refractivity contribution in [2.45, 2.75) is 39.7 Å². The molecule has 0 heterocycles. The zero-order chi connectivity index (χ0) is 19.2. The van der Waals surface area contributed by atoms with Crippen LogP contribution >= 0.6 is 39.8 Å². The molecule has 1 unspecified atom stereocenters. The molecule has 0 aromatic heterocycles. The van der Waals surface area contributed by atoms with Crippen LogP contribution in [0, 0.1) is 6.92 Å². The van der Waals surface area contributed by atoms with Crippen LogP contribution in [0.5, 0.6) is 0 Å². The van der Waals surface area contributed by atoms with Gasteiger partial charge in [-0.15, -0.1) is 0 Å². The molecule has 2 N–H and O–H groups in total. The molecule has 1 aromatic rings. The van der Waals surface area contributed by atoms with E-state index in [-0.39, 0.29) is 11.8 Å². The molecular formula is C17H24BrClN2O3S. The lowest BCUT2D eigenvalue weighted by Gasteiger charge is -2.17. The van der Waals surface area contributed by atoms with Gasteiger partial charge in [-0.25, -0.2) is 3.74 Å². The zero-order valence-corrected chi connectivity index (χ0v) is 17.9. The Bertz CT molecular complexity index is 585. The number of likely N-dealkylation sites (N-methyl/N-ethyl adjacent to an activating group) is 1. The topological polar surface area (TPSA) is 67.4 Å². The van der Waals surface area contributed by atoms with Crippen molar-refractivity contribution in [3.8, 4) is 0 Å². The van der Waals surface area contributed by atoms with Gasteiger partial charge in [0.25, 0.3) is 5.91 Å². The Morgan fingerprint density at radius 2 is 2.08 bits per heavy atom. The molecule has 140 valence electrons. The first-order chi connectivity index (χ1) is 12.0. The summed E-state index contributed by atoms with van der Waals surface area (Å²) in [6.45, 7) is 5.85. The Morgan fingerprint density at radius 3 is 2.64 bits per heavy atom. The van der Waals surface area contributed by atoms with Gasteiger partial charge < -0.3 is 10.6 Å². The summed E-state index contributed by atoms with van der Waals surface area (Å²) in [5, 5.41) is 7.01. The summed E-state index contributed by atoms with van der Waals surface area (Å²) in [5.74, 6) is -0.506. The Balaban J connectivity index is 0.00000277. The van der Waals surface area contributed by atoms with Gasteiger partial charge in [0.2, 0.25) is 5.91 Å². The lowest BCUT2D eigenvalue weighted by atomic mass is 10.1. The van der Waals surface area contributed by atoms with E-state index in [1.807, 2.05) is 32.9 Å². The summed E-state index contributed by atoms with van der Waals surface area (Å²) in [6, 6.07) is 4.77. The minimum atomic E-state index is -0.609. The maximum absolute atomic E-state index is 12.4. The summed E-state index contributed by atoms with van der Waals surface area (Å²) < 4.78 is 5.21. The van der Waals surface area contributed by atoms with Crippen LogP contribution in [0.4, 0.5) is 0 Å². The van der Waals surface area contributed by atoms with E-state index in [1.54, 1.807) is 24.6 Å². The van der Waals surface area contributed by atoms with Gasteiger partial charge in [-0.05, 0) is 48.9 Å². The van der Waals surface area contributed by atoms with E-state index in [9.17, 15) is 9.59 Å². The van der Waals surface area contributed by atoms with E-state index in [0.717, 1.165) is 22.1 Å². The molecular weight excluding hydrogens is 428 g/mol. The third-order valence-electron chi connectivity index (χ3n) is 3.11. The van der Waals surface area contributed by atoms with E-state index in [4.69, 9.17) is 11.9 Å². The standard InChI is InChI=1S/C15H18BrClN2O3S.C2H6/c1-10-9-11(16)6-7-12(10)14(20)19-13(15(21)18-2)5-3-4-8-23-22-17;1-2/h4,6-9,13H,3,5H2,1-2H3,(H,18,21)(H,19,20);1-2H3/b8-4-;. The van der Waals surface area contributed by atoms with E-state index in [1.165, 1.54) is 0 Å². The number of halogens is 2. The summed E-state index contributed by atoms with van der Waals surface area (Å²) in [6.07, 6.45) is 2.89. The number of rotatable bonds is 8. The highest BCUT2D eigenvalue weighted by Gasteiger charge is 2.20. The lowest BCUT2D eigenvalue weighted by molar-refractivity contribution is -0.122. The predicted molar refractivity (Wildman–Crippen MR) is 108 cm³/mol. The fourth-order valence-electron chi connectivity index (χ4n) is 1.95. The average molecular weight is 452 g/mol. The monoisotopic (exact) mass is 450 g/mol. The van der Waals surface area contributed by atoms with E-state index in [2.05, 4.69) is 30.3 Å². The first-order valence-corrected chi connectivity index (χ1v) is 9.78. The van der Waals surface area contributed by atoms with Crippen molar-refractivity contribution in [1.82, 2.24) is 10.6 Å². The zero-order valence-electron chi connectivity index (χ0n) is 14.8. The second kappa shape index (κ2) is 14.2. The number of benzene rings is 1. The molecule has 0 aliphatic rings. The number of carbonyl (C=O) groups excluding carboxylic acids is 2. The highest BCUT2D eigenvalue weighted by Crippen LogP contribution is 2.16. The van der Waals surface area contributed by atoms with Gasteiger partial charge in [-0.2, -0.15) is 0 Å². The van der Waals surface area contributed by atoms with Gasteiger partial charge in [0.15, 0.2) is 0 Å². The molecule has 0 bridgehead atoms. The van der Waals surface area contributed by atoms with Crippen LogP contribution in [-0.4, -0.2) is 24.9 Å². The van der Waals surface area contributed by atoms with Crippen molar-refractivity contribution in [2.75, 3.05) is 7.05 Å². The number of allylic oxidation sites excluding steroid dienone is 1. The van der Waals surface area contributed by atoms with Crippen molar-refractivity contribution < 1.29 is 13.3 Å². The third-order valence-corrected chi connectivity index (χ3v) is 4.20. The first-order valence-electron chi connectivity index (χ1n) is 7.87. The van der Waals surface area contributed by atoms with Crippen molar-refractivity contribution in [3.63, 3.8) is 0 Å². The van der Waals surface area contributed by atoms with Gasteiger partial charge in [-0.1, -0.05) is 35.9 Å². The average Bonchev–Trinajstić information content (AvgIpc) is 2.61. The van der Waals surface area contributed by atoms with Crippen LogP contribution in [0.25, 0.3) is 0 Å². The van der Waals surface area contributed by atoms with E-state index >= 15 is 0 Å². The number of hydrogen-bond donors (Lipinski definition) is 2. The van der Waals surface area contributed by atoms with Gasteiger partial charge in [-0.3, -0.25) is 9.59 Å². The molecule has 1 rings (SSSR count). The number of hydrogen-bond acceptors (Lipinski definition) is 4. The second-order valence-corrected chi connectivity index (χ2v) is 6.59. The highest BCUT2D eigenvalue weighted by atomic mass is 79.9. The van der Waals surface area contributed by atoms with E-state index < -0.39 is 6.04 Å². The minimum absolute atomic E-state index is 0.234. The van der Waals surface area contributed by atoms with Crippen LogP contribution in [-0.2, 0) is 8.53 Å². The van der Waals surface area contributed by atoms with Crippen molar-refractivity contribution >= 4 is 51.7 Å². The smallest absolute Gasteiger partial charge is 0.252 e. The van der Waals surface area contributed by atoms with Gasteiger partial charge >= 0.3 is 0 Å². The predicted octanol–water partition coefficient (Wildman–Crippen LogP) is 4.74. The number of amides is 2. The van der Waals surface area contributed by atoms with Gasteiger partial charge in [0.1, 0.15) is 6.04 Å². The first kappa shape index (κ1) is 24.0. The highest BCUT2D eigenvalue weighted by molar-refractivity contribution is 9.10. The van der Waals surface area contributed by atoms with Crippen LogP contribution < -0.4 is 10.6 Å². The molecule has 0 aliphatic heterocycles. The SMILES string of the molecule is CC.CNC(=O)C(CC/C=C\SOCl)NC(=O)c1ccc(Br)cc1C. The van der Waals surface area contributed by atoms with Crippen LogP contribution in [0.1, 0.15) is 42.6 Å². The summed E-state index contributed by atoms with van der Waals surface area (Å²) >= 11 is 9.41. The largest absolute Gasteiger partial charge is 0.357 e. The van der Waals surface area contributed by atoms with Gasteiger partial charge in [0.05, 0.1) is 11.9 Å². The van der Waals surface area contributed by atoms with Crippen LogP contribution in [0.15, 0.2) is 34.2 Å². The minimum Gasteiger partial charge on any atom is -0.357 e. The fraction of sp³-hybridized carbons (Fsp3) is 0.412. The van der Waals surface area contributed by atoms with Crippen LogP contribution in [0.2, 0.25) is 0 Å². The normalized spacial score (nSPS) is 11.4. The summed E-state index contributed by atoms with van der Waals surface area (Å²) in [7, 11) is 1.54. The van der Waals surface area contributed by atoms with Crippen LogP contribution in [0.3, 0.4) is 0 Å². The molecule has 0 fully saturated rings. The third kappa shape index (κ3) is 9.30. The Labute approximate surface area is 167 Å². The molecule has 0 spiro atoms. The Hall–Kier alpha value is -1.02. The Kier molecular flexibility index (Phi) is 13.6. The van der Waals surface area contributed by atoms with Crippen molar-refractivity contribution in [3.05, 3.63) is 45.3 Å². The molecule has 1 atom stereocenters. The molecule has 0 radical (unpaired) electrons. The molecule has 1 aromatic carbocycles. The maximum atomic E-state index is 12.4. The maximum Gasteiger partial charge on any atom is 0.252 e. The lowest BCUT2D eigenvalue weighted by Crippen LogP contribution is -2.45. The van der Waals surface area contributed by atoms with E-state index in [0.29, 0.717) is 18.4 Å². The Morgan fingerprint density at radius 1 is 1.40 bits per heavy atom. The molecule has 5 nitrogen and oxygen atoms in total. The van der Waals surface area contributed by atoms with Crippen molar-refractivity contribution in [2.24, 2.45) is 0 Å². The molecule has 0 aliphatic carbocycles. The number of aryl methyl sites for hydroxylation is 1. The number of carbonyl (C=O) groups is 2. The molecule has 0 saturated carbocycles. The van der Waals surface area contributed by atoms with Gasteiger partial charge in [0, 0.05) is 29.1 Å². The molecule has 2 amide bonds. The molecule has 25 heavy (non-hydrogen) atoms. The second-order valence-electron chi connectivity index (χ2n) is 4.71. The van der Waals surface area contributed by atoms with Crippen molar-refractivity contribution in [1.29, 1.82) is 0 Å². The number of nitrogens with one attached hydrogen (secondary N) is 2. The summed E-state index contributed by atoms with van der Waals surface area (Å²) in [5.41, 5.74) is 1.38. The quantitative estimate of drug-likeness (QED) is 0.560. The summed E-state index contributed by atoms with van der Waals surface area (Å²) in [4.78, 5) is 24.3.